The van der Waals surface area contributed by atoms with Crippen molar-refractivity contribution in [3.8, 4) is 0 Å². The minimum absolute atomic E-state index is 0. The molecule has 1 fully saturated rings. The molecule has 4 nitrogen and oxygen atoms in total. The van der Waals surface area contributed by atoms with Crippen LogP contribution in [0.2, 0.25) is 0 Å². The number of hydrogen-bond acceptors (Lipinski definition) is 3. The fourth-order valence-electron chi connectivity index (χ4n) is 2.19. The van der Waals surface area contributed by atoms with E-state index in [1.807, 2.05) is 0 Å². The molecule has 0 amide bonds. The van der Waals surface area contributed by atoms with Crippen LogP contribution in [0.4, 0.5) is 0 Å². The third-order valence-corrected chi connectivity index (χ3v) is 3.12. The van der Waals surface area contributed by atoms with Crippen molar-refractivity contribution in [2.75, 3.05) is 19.6 Å². The minimum Gasteiger partial charge on any atom is -0.312 e. The van der Waals surface area contributed by atoms with E-state index in [-0.39, 0.29) is 12.4 Å². The lowest BCUT2D eigenvalue weighted by molar-refractivity contribution is 0.199. The van der Waals surface area contributed by atoms with Gasteiger partial charge in [0.2, 0.25) is 0 Å². The molecule has 0 aliphatic carbocycles. The van der Waals surface area contributed by atoms with Crippen molar-refractivity contribution in [1.29, 1.82) is 0 Å². The Labute approximate surface area is 103 Å². The van der Waals surface area contributed by atoms with Crippen molar-refractivity contribution in [3.63, 3.8) is 0 Å². The molecule has 1 aromatic rings. The number of rotatable bonds is 2. The molecule has 0 radical (unpaired) electrons. The first kappa shape index (κ1) is 13.5. The van der Waals surface area contributed by atoms with Crippen LogP contribution in [0.1, 0.15) is 23.9 Å². The standard InChI is InChI=1S/C11H20N4.ClH/c1-8-6-15(5-4-12-8)7-11-9(2)13-14-10(11)3;/h8,12H,4-7H2,1-3H3,(H,13,14);1H/t8-;/m0./s1. The summed E-state index contributed by atoms with van der Waals surface area (Å²) in [4.78, 5) is 2.49. The van der Waals surface area contributed by atoms with Crippen molar-refractivity contribution in [3.05, 3.63) is 17.0 Å². The lowest BCUT2D eigenvalue weighted by atomic mass is 10.1. The second kappa shape index (κ2) is 5.66. The Bertz CT molecular complexity index is 317. The van der Waals surface area contributed by atoms with Crippen LogP contribution in [0, 0.1) is 13.8 Å². The van der Waals surface area contributed by atoms with Gasteiger partial charge in [-0.15, -0.1) is 12.4 Å². The average molecular weight is 245 g/mol. The van der Waals surface area contributed by atoms with E-state index in [0.717, 1.165) is 31.9 Å². The highest BCUT2D eigenvalue weighted by Gasteiger charge is 2.17. The second-order valence-corrected chi connectivity index (χ2v) is 4.50. The van der Waals surface area contributed by atoms with Gasteiger partial charge in [-0.2, -0.15) is 5.10 Å². The normalized spacial score (nSPS) is 21.8. The first-order valence-corrected chi connectivity index (χ1v) is 5.63. The van der Waals surface area contributed by atoms with Crippen molar-refractivity contribution >= 4 is 12.4 Å². The number of nitrogens with one attached hydrogen (secondary N) is 2. The Hall–Kier alpha value is -0.580. The van der Waals surface area contributed by atoms with E-state index in [2.05, 4.69) is 41.2 Å². The Kier molecular flexibility index (Phi) is 4.77. The molecule has 16 heavy (non-hydrogen) atoms. The molecule has 1 aliphatic heterocycles. The highest BCUT2D eigenvalue weighted by molar-refractivity contribution is 5.85. The molecule has 92 valence electrons. The maximum Gasteiger partial charge on any atom is 0.0639 e. The van der Waals surface area contributed by atoms with Gasteiger partial charge in [0.15, 0.2) is 0 Å². The molecule has 2 N–H and O–H groups in total. The highest BCUT2D eigenvalue weighted by atomic mass is 35.5. The molecule has 2 heterocycles. The van der Waals surface area contributed by atoms with Crippen LogP contribution in [0.3, 0.4) is 0 Å². The molecule has 5 heteroatoms. The molecular weight excluding hydrogens is 224 g/mol. The van der Waals surface area contributed by atoms with Crippen molar-refractivity contribution < 1.29 is 0 Å². The van der Waals surface area contributed by atoms with Crippen LogP contribution >= 0.6 is 12.4 Å². The summed E-state index contributed by atoms with van der Waals surface area (Å²) in [6.07, 6.45) is 0. The predicted molar refractivity (Wildman–Crippen MR) is 68.1 cm³/mol. The summed E-state index contributed by atoms with van der Waals surface area (Å²) in [5.41, 5.74) is 3.71. The van der Waals surface area contributed by atoms with Crippen LogP contribution in [-0.4, -0.2) is 40.8 Å². The zero-order valence-electron chi connectivity index (χ0n) is 10.2. The van der Waals surface area contributed by atoms with Gasteiger partial charge in [0.05, 0.1) is 5.69 Å². The molecular formula is C11H21ClN4. The molecule has 0 saturated carbocycles. The summed E-state index contributed by atoms with van der Waals surface area (Å²) in [6.45, 7) is 10.8. The Balaban J connectivity index is 0.00000128. The summed E-state index contributed by atoms with van der Waals surface area (Å²) >= 11 is 0. The highest BCUT2D eigenvalue weighted by Crippen LogP contribution is 2.13. The van der Waals surface area contributed by atoms with Crippen molar-refractivity contribution in [2.45, 2.75) is 33.4 Å². The maximum absolute atomic E-state index is 4.23. The zero-order chi connectivity index (χ0) is 10.8. The maximum atomic E-state index is 4.23. The van der Waals surface area contributed by atoms with Gasteiger partial charge in [-0.3, -0.25) is 10.00 Å². The molecule has 1 saturated heterocycles. The fraction of sp³-hybridized carbons (Fsp3) is 0.727. The Morgan fingerprint density at radius 3 is 2.75 bits per heavy atom. The number of piperazine rings is 1. The van der Waals surface area contributed by atoms with E-state index in [0.29, 0.717) is 6.04 Å². The second-order valence-electron chi connectivity index (χ2n) is 4.50. The largest absolute Gasteiger partial charge is 0.312 e. The van der Waals surface area contributed by atoms with Gasteiger partial charge in [-0.25, -0.2) is 0 Å². The topological polar surface area (TPSA) is 44.0 Å². The summed E-state index contributed by atoms with van der Waals surface area (Å²) < 4.78 is 0. The van der Waals surface area contributed by atoms with Gasteiger partial charge < -0.3 is 5.32 Å². The molecule has 0 bridgehead atoms. The number of hydrogen-bond donors (Lipinski definition) is 2. The lowest BCUT2D eigenvalue weighted by Gasteiger charge is -2.31. The van der Waals surface area contributed by atoms with Gasteiger partial charge in [-0.05, 0) is 20.8 Å². The molecule has 0 unspecified atom stereocenters. The molecule has 1 aliphatic rings. The van der Waals surface area contributed by atoms with E-state index < -0.39 is 0 Å². The number of aromatic amines is 1. The van der Waals surface area contributed by atoms with Gasteiger partial charge in [0.1, 0.15) is 0 Å². The first-order chi connectivity index (χ1) is 7.16. The lowest BCUT2D eigenvalue weighted by Crippen LogP contribution is -2.48. The van der Waals surface area contributed by atoms with E-state index in [9.17, 15) is 0 Å². The minimum atomic E-state index is 0. The van der Waals surface area contributed by atoms with Crippen molar-refractivity contribution in [1.82, 2.24) is 20.4 Å². The Morgan fingerprint density at radius 1 is 1.44 bits per heavy atom. The monoisotopic (exact) mass is 244 g/mol. The number of halogens is 1. The van der Waals surface area contributed by atoms with Crippen LogP contribution in [0.15, 0.2) is 0 Å². The summed E-state index contributed by atoms with van der Waals surface area (Å²) in [5.74, 6) is 0. The Morgan fingerprint density at radius 2 is 2.19 bits per heavy atom. The zero-order valence-corrected chi connectivity index (χ0v) is 11.0. The first-order valence-electron chi connectivity index (χ1n) is 5.63. The van der Waals surface area contributed by atoms with E-state index >= 15 is 0 Å². The number of nitrogens with zero attached hydrogens (tertiary/aromatic N) is 2. The SMILES string of the molecule is Cc1n[nH]c(C)c1CN1CCN[C@@H](C)C1.Cl. The molecule has 0 spiro atoms. The molecule has 1 aromatic heterocycles. The quantitative estimate of drug-likeness (QED) is 0.823. The van der Waals surface area contributed by atoms with Gasteiger partial charge in [0, 0.05) is 43.5 Å². The fourth-order valence-corrected chi connectivity index (χ4v) is 2.19. The van der Waals surface area contributed by atoms with Crippen LogP contribution < -0.4 is 5.32 Å². The van der Waals surface area contributed by atoms with Crippen LogP contribution in [0.25, 0.3) is 0 Å². The van der Waals surface area contributed by atoms with Gasteiger partial charge >= 0.3 is 0 Å². The molecule has 0 aromatic carbocycles. The summed E-state index contributed by atoms with van der Waals surface area (Å²) in [7, 11) is 0. The van der Waals surface area contributed by atoms with Gasteiger partial charge in [0.25, 0.3) is 0 Å². The summed E-state index contributed by atoms with van der Waals surface area (Å²) in [6, 6.07) is 0.603. The number of H-pyrrole nitrogens is 1. The van der Waals surface area contributed by atoms with Crippen molar-refractivity contribution in [2.24, 2.45) is 0 Å². The number of aromatic nitrogens is 2. The van der Waals surface area contributed by atoms with E-state index in [4.69, 9.17) is 0 Å². The van der Waals surface area contributed by atoms with E-state index in [1.54, 1.807) is 0 Å². The average Bonchev–Trinajstić information content (AvgIpc) is 2.50. The third kappa shape index (κ3) is 2.97. The molecule has 1 atom stereocenters. The van der Waals surface area contributed by atoms with Crippen LogP contribution in [0.5, 0.6) is 0 Å². The number of aryl methyl sites for hydroxylation is 2. The van der Waals surface area contributed by atoms with Gasteiger partial charge in [-0.1, -0.05) is 0 Å². The molecule has 2 rings (SSSR count). The summed E-state index contributed by atoms with van der Waals surface area (Å²) in [5, 5.41) is 10.7. The third-order valence-electron chi connectivity index (χ3n) is 3.12. The smallest absolute Gasteiger partial charge is 0.0639 e. The predicted octanol–water partition coefficient (Wildman–Crippen LogP) is 1.24. The van der Waals surface area contributed by atoms with E-state index in [1.165, 1.54) is 11.3 Å². The van der Waals surface area contributed by atoms with Crippen LogP contribution in [-0.2, 0) is 6.54 Å².